The number of aryl methyl sites for hydroxylation is 1. The number of Topliss-reactive ketones (excluding diaryl/α,β-unsaturated/α-hetero) is 1. The molecule has 2 aliphatic rings. The molecule has 0 bridgehead atoms. The van der Waals surface area contributed by atoms with Gasteiger partial charge in [0, 0.05) is 36.4 Å². The lowest BCUT2D eigenvalue weighted by molar-refractivity contribution is 0.101. The molecule has 0 aromatic carbocycles. The highest BCUT2D eigenvalue weighted by Gasteiger charge is 2.19. The summed E-state index contributed by atoms with van der Waals surface area (Å²) in [6, 6.07) is 3.89. The molecule has 1 aliphatic heterocycles. The normalized spacial score (nSPS) is 19.9. The number of carbonyl (C=O) groups excluding carboxylic acids is 1. The summed E-state index contributed by atoms with van der Waals surface area (Å²) in [7, 11) is 0. The number of pyridine rings is 1. The maximum absolute atomic E-state index is 11.9. The summed E-state index contributed by atoms with van der Waals surface area (Å²) in [5.41, 5.74) is 1.71. The first-order valence-corrected chi connectivity index (χ1v) is 12.4. The fraction of sp³-hybridized carbons (Fsp3) is 0.538. The Morgan fingerprint density at radius 1 is 1.25 bits per heavy atom. The SMILES string of the molecule is CC(=O)c1cn(CCCCC2CCN(CCOC3=CC[C@H](Cl)C=C3)CC2)c2ncccc12. The van der Waals surface area contributed by atoms with Gasteiger partial charge in [-0.1, -0.05) is 18.9 Å². The molecule has 3 heterocycles. The molecule has 4 rings (SSSR count). The van der Waals surface area contributed by atoms with E-state index in [1.165, 1.54) is 38.8 Å². The van der Waals surface area contributed by atoms with Crippen LogP contribution in [0, 0.1) is 5.92 Å². The number of piperidine rings is 1. The standard InChI is InChI=1S/C26H34ClN3O2/c1-20(31)25-19-30(26-24(25)6-4-13-28-26)14-3-2-5-21-11-15-29(16-12-21)17-18-32-23-9-7-22(27)8-10-23/h4,6-7,9-10,13,19,21-22H,2-3,5,8,11-12,14-18H2,1H3/t22-/m1/s1. The van der Waals surface area contributed by atoms with Gasteiger partial charge in [0.05, 0.1) is 5.38 Å². The van der Waals surface area contributed by atoms with Gasteiger partial charge >= 0.3 is 0 Å². The van der Waals surface area contributed by atoms with Crippen molar-refractivity contribution in [3.8, 4) is 0 Å². The molecule has 6 heteroatoms. The number of halogens is 1. The van der Waals surface area contributed by atoms with Gasteiger partial charge < -0.3 is 9.30 Å². The lowest BCUT2D eigenvalue weighted by atomic mass is 9.91. The molecule has 0 N–H and O–H groups in total. The van der Waals surface area contributed by atoms with E-state index in [-0.39, 0.29) is 11.2 Å². The second-order valence-corrected chi connectivity index (χ2v) is 9.57. The average molecular weight is 456 g/mol. The molecular weight excluding hydrogens is 422 g/mol. The van der Waals surface area contributed by atoms with Gasteiger partial charge in [0.2, 0.25) is 0 Å². The largest absolute Gasteiger partial charge is 0.493 e. The molecule has 172 valence electrons. The summed E-state index contributed by atoms with van der Waals surface area (Å²) in [6.45, 7) is 6.63. The predicted molar refractivity (Wildman–Crippen MR) is 130 cm³/mol. The fourth-order valence-corrected chi connectivity index (χ4v) is 4.92. The number of hydrogen-bond acceptors (Lipinski definition) is 4. The second-order valence-electron chi connectivity index (χ2n) is 9.01. The van der Waals surface area contributed by atoms with Crippen LogP contribution in [0.3, 0.4) is 0 Å². The first-order valence-electron chi connectivity index (χ1n) is 11.9. The Morgan fingerprint density at radius 2 is 2.09 bits per heavy atom. The lowest BCUT2D eigenvalue weighted by Gasteiger charge is -2.32. The molecule has 1 atom stereocenters. The minimum atomic E-state index is 0.106. The second kappa shape index (κ2) is 11.2. The van der Waals surface area contributed by atoms with E-state index >= 15 is 0 Å². The molecule has 1 saturated heterocycles. The number of rotatable bonds is 10. The van der Waals surface area contributed by atoms with Gasteiger partial charge in [-0.15, -0.1) is 11.6 Å². The van der Waals surface area contributed by atoms with Crippen molar-refractivity contribution >= 4 is 28.4 Å². The van der Waals surface area contributed by atoms with Crippen molar-refractivity contribution in [3.63, 3.8) is 0 Å². The summed E-state index contributed by atoms with van der Waals surface area (Å²) in [5, 5.41) is 1.08. The number of allylic oxidation sites excluding steroid dienone is 3. The van der Waals surface area contributed by atoms with Gasteiger partial charge in [0.15, 0.2) is 5.78 Å². The number of fused-ring (bicyclic) bond motifs is 1. The molecule has 2 aromatic rings. The summed E-state index contributed by atoms with van der Waals surface area (Å²) in [4.78, 5) is 19.0. The summed E-state index contributed by atoms with van der Waals surface area (Å²) < 4.78 is 8.03. The maximum atomic E-state index is 11.9. The van der Waals surface area contributed by atoms with Crippen LogP contribution in [0.4, 0.5) is 0 Å². The summed E-state index contributed by atoms with van der Waals surface area (Å²) in [5.74, 6) is 1.89. The first kappa shape index (κ1) is 23.1. The Balaban J connectivity index is 1.13. The van der Waals surface area contributed by atoms with Crippen molar-refractivity contribution in [2.24, 2.45) is 5.92 Å². The highest BCUT2D eigenvalue weighted by atomic mass is 35.5. The van der Waals surface area contributed by atoms with Gasteiger partial charge in [-0.05, 0) is 75.9 Å². The number of likely N-dealkylation sites (tertiary alicyclic amines) is 1. The monoisotopic (exact) mass is 455 g/mol. The van der Waals surface area contributed by atoms with Crippen molar-refractivity contribution in [3.05, 3.63) is 54.1 Å². The van der Waals surface area contributed by atoms with Crippen LogP contribution in [-0.2, 0) is 11.3 Å². The van der Waals surface area contributed by atoms with Crippen molar-refractivity contribution in [2.75, 3.05) is 26.2 Å². The molecule has 0 amide bonds. The van der Waals surface area contributed by atoms with Crippen molar-refractivity contribution in [1.29, 1.82) is 0 Å². The fourth-order valence-electron chi connectivity index (χ4n) is 4.76. The van der Waals surface area contributed by atoms with E-state index in [1.54, 1.807) is 13.1 Å². The highest BCUT2D eigenvalue weighted by molar-refractivity contribution is 6.22. The van der Waals surface area contributed by atoms with Crippen LogP contribution in [0.5, 0.6) is 0 Å². The Hall–Kier alpha value is -2.11. The molecular formula is C26H34ClN3O2. The minimum Gasteiger partial charge on any atom is -0.493 e. The van der Waals surface area contributed by atoms with Gasteiger partial charge in [0.1, 0.15) is 18.0 Å². The van der Waals surface area contributed by atoms with Crippen molar-refractivity contribution in [1.82, 2.24) is 14.5 Å². The number of alkyl halides is 1. The predicted octanol–water partition coefficient (Wildman–Crippen LogP) is 5.59. The molecule has 5 nitrogen and oxygen atoms in total. The number of ketones is 1. The van der Waals surface area contributed by atoms with Crippen LogP contribution in [0.15, 0.2) is 48.5 Å². The average Bonchev–Trinajstić information content (AvgIpc) is 3.18. The molecule has 2 aromatic heterocycles. The van der Waals surface area contributed by atoms with E-state index in [1.807, 2.05) is 30.5 Å². The van der Waals surface area contributed by atoms with Crippen molar-refractivity contribution in [2.45, 2.75) is 57.4 Å². The number of nitrogens with zero attached hydrogens (tertiary/aromatic N) is 3. The summed E-state index contributed by atoms with van der Waals surface area (Å²) >= 11 is 6.05. The van der Waals surface area contributed by atoms with Crippen LogP contribution < -0.4 is 0 Å². The Bertz CT molecular complexity index is 973. The smallest absolute Gasteiger partial charge is 0.162 e. The van der Waals surface area contributed by atoms with E-state index in [2.05, 4.69) is 20.5 Å². The third-order valence-corrected chi connectivity index (χ3v) is 7.00. The summed E-state index contributed by atoms with van der Waals surface area (Å²) in [6.07, 6.45) is 16.9. The Kier molecular flexibility index (Phi) is 8.04. The molecule has 0 radical (unpaired) electrons. The molecule has 1 aliphatic carbocycles. The molecule has 0 saturated carbocycles. The molecule has 0 spiro atoms. The van der Waals surface area contributed by atoms with Gasteiger partial charge in [-0.2, -0.15) is 0 Å². The van der Waals surface area contributed by atoms with Crippen LogP contribution in [-0.4, -0.2) is 51.9 Å². The molecule has 32 heavy (non-hydrogen) atoms. The van der Waals surface area contributed by atoms with Gasteiger partial charge in [0.25, 0.3) is 0 Å². The molecule has 0 unspecified atom stereocenters. The zero-order valence-electron chi connectivity index (χ0n) is 19.0. The van der Waals surface area contributed by atoms with Crippen molar-refractivity contribution < 1.29 is 9.53 Å². The number of ether oxygens (including phenoxy) is 1. The highest BCUT2D eigenvalue weighted by Crippen LogP contribution is 2.24. The number of hydrogen-bond donors (Lipinski definition) is 0. The first-order chi connectivity index (χ1) is 15.6. The van der Waals surface area contributed by atoms with Crippen LogP contribution >= 0.6 is 11.6 Å². The van der Waals surface area contributed by atoms with E-state index in [9.17, 15) is 4.79 Å². The van der Waals surface area contributed by atoms with E-state index in [0.29, 0.717) is 0 Å². The third kappa shape index (κ3) is 6.02. The van der Waals surface area contributed by atoms with Gasteiger partial charge in [-0.25, -0.2) is 4.98 Å². The lowest BCUT2D eigenvalue weighted by Crippen LogP contribution is -2.36. The Morgan fingerprint density at radius 3 is 2.84 bits per heavy atom. The topological polar surface area (TPSA) is 47.4 Å². The van der Waals surface area contributed by atoms with E-state index < -0.39 is 0 Å². The van der Waals surface area contributed by atoms with Crippen LogP contribution in [0.25, 0.3) is 11.0 Å². The number of aromatic nitrogens is 2. The number of unbranched alkanes of at least 4 members (excludes halogenated alkanes) is 1. The van der Waals surface area contributed by atoms with Crippen LogP contribution in [0.1, 0.15) is 55.8 Å². The van der Waals surface area contributed by atoms with Gasteiger partial charge in [-0.3, -0.25) is 9.69 Å². The maximum Gasteiger partial charge on any atom is 0.162 e. The Labute approximate surface area is 196 Å². The van der Waals surface area contributed by atoms with E-state index in [0.717, 1.165) is 60.8 Å². The van der Waals surface area contributed by atoms with Crippen LogP contribution in [0.2, 0.25) is 0 Å². The van der Waals surface area contributed by atoms with E-state index in [4.69, 9.17) is 16.3 Å². The minimum absolute atomic E-state index is 0.106. The quantitative estimate of drug-likeness (QED) is 0.266. The molecule has 1 fully saturated rings. The number of carbonyl (C=O) groups is 1. The zero-order valence-corrected chi connectivity index (χ0v) is 19.8. The zero-order chi connectivity index (χ0) is 22.3. The third-order valence-electron chi connectivity index (χ3n) is 6.67.